The van der Waals surface area contributed by atoms with Crippen molar-refractivity contribution in [3.05, 3.63) is 59.7 Å². The number of anilines is 2. The molecule has 4 N–H and O–H groups in total. The minimum atomic E-state index is -0.121. The van der Waals surface area contributed by atoms with E-state index >= 15 is 0 Å². The molecule has 0 heterocycles. The highest BCUT2D eigenvalue weighted by molar-refractivity contribution is 5.97. The van der Waals surface area contributed by atoms with Crippen LogP contribution in [0.4, 0.5) is 11.4 Å². The summed E-state index contributed by atoms with van der Waals surface area (Å²) in [5.41, 5.74) is 8.63. The minimum absolute atomic E-state index is 0.0917. The molecule has 0 aliphatic heterocycles. The number of amides is 2. The smallest absolute Gasteiger partial charge is 0.251 e. The maximum absolute atomic E-state index is 12.1. The van der Waals surface area contributed by atoms with Crippen LogP contribution in [0, 0.1) is 0 Å². The van der Waals surface area contributed by atoms with Gasteiger partial charge in [0, 0.05) is 29.9 Å². The zero-order valence-corrected chi connectivity index (χ0v) is 14.5. The zero-order valence-electron chi connectivity index (χ0n) is 14.5. The lowest BCUT2D eigenvalue weighted by atomic mass is 10.1. The molecule has 132 valence electrons. The summed E-state index contributed by atoms with van der Waals surface area (Å²) in [6, 6.07) is 14.5. The number of rotatable bonds is 8. The summed E-state index contributed by atoms with van der Waals surface area (Å²) in [5.74, 6) is -0.213. The van der Waals surface area contributed by atoms with E-state index in [-0.39, 0.29) is 11.8 Å². The molecule has 2 aromatic rings. The van der Waals surface area contributed by atoms with Crippen molar-refractivity contribution in [1.82, 2.24) is 5.32 Å². The van der Waals surface area contributed by atoms with Crippen molar-refractivity contribution in [1.29, 1.82) is 0 Å². The number of nitrogen functional groups attached to an aromatic ring is 1. The van der Waals surface area contributed by atoms with Gasteiger partial charge in [-0.3, -0.25) is 9.59 Å². The second kappa shape index (κ2) is 9.47. The van der Waals surface area contributed by atoms with Crippen molar-refractivity contribution < 1.29 is 9.59 Å². The Balaban J connectivity index is 1.88. The first-order valence-corrected chi connectivity index (χ1v) is 8.61. The van der Waals surface area contributed by atoms with Gasteiger partial charge in [0.1, 0.15) is 0 Å². The van der Waals surface area contributed by atoms with Crippen LogP contribution in [-0.4, -0.2) is 18.4 Å². The number of aryl methyl sites for hydroxylation is 1. The Morgan fingerprint density at radius 3 is 2.64 bits per heavy atom. The standard InChI is InChI=1S/C20H25N3O2/c1-2-3-12-22-20(25)16-7-5-9-18(14-16)23-19(24)11-10-15-6-4-8-17(21)13-15/h4-9,13-14H,2-3,10-12,21H2,1H3,(H,22,25)(H,23,24). The molecule has 0 unspecified atom stereocenters. The molecule has 0 radical (unpaired) electrons. The van der Waals surface area contributed by atoms with E-state index in [0.29, 0.717) is 36.3 Å². The third-order valence-electron chi connectivity index (χ3n) is 3.82. The van der Waals surface area contributed by atoms with E-state index in [2.05, 4.69) is 17.6 Å². The summed E-state index contributed by atoms with van der Waals surface area (Å²) in [6.45, 7) is 2.73. The third-order valence-corrected chi connectivity index (χ3v) is 3.82. The Morgan fingerprint density at radius 2 is 1.88 bits per heavy atom. The van der Waals surface area contributed by atoms with E-state index in [1.807, 2.05) is 24.3 Å². The molecule has 0 aliphatic carbocycles. The van der Waals surface area contributed by atoms with E-state index < -0.39 is 0 Å². The molecular formula is C20H25N3O2. The summed E-state index contributed by atoms with van der Waals surface area (Å²) < 4.78 is 0. The summed E-state index contributed by atoms with van der Waals surface area (Å²) in [6.07, 6.45) is 2.96. The number of benzene rings is 2. The Hall–Kier alpha value is -2.82. The van der Waals surface area contributed by atoms with Crippen LogP contribution >= 0.6 is 0 Å². The first-order chi connectivity index (χ1) is 12.1. The molecule has 0 bridgehead atoms. The van der Waals surface area contributed by atoms with E-state index in [9.17, 15) is 9.59 Å². The molecule has 0 spiro atoms. The molecule has 5 heteroatoms. The van der Waals surface area contributed by atoms with Crippen molar-refractivity contribution in [2.24, 2.45) is 0 Å². The molecule has 0 fully saturated rings. The van der Waals surface area contributed by atoms with Crippen molar-refractivity contribution in [2.75, 3.05) is 17.6 Å². The Bertz CT molecular complexity index is 728. The monoisotopic (exact) mass is 339 g/mol. The first kappa shape index (κ1) is 18.5. The summed E-state index contributed by atoms with van der Waals surface area (Å²) in [5, 5.41) is 5.71. The molecule has 0 aliphatic rings. The van der Waals surface area contributed by atoms with Crippen molar-refractivity contribution >= 4 is 23.2 Å². The summed E-state index contributed by atoms with van der Waals surface area (Å²) in [4.78, 5) is 24.2. The average Bonchev–Trinajstić information content (AvgIpc) is 2.60. The van der Waals surface area contributed by atoms with E-state index in [0.717, 1.165) is 18.4 Å². The van der Waals surface area contributed by atoms with Crippen molar-refractivity contribution in [2.45, 2.75) is 32.6 Å². The van der Waals surface area contributed by atoms with Crippen molar-refractivity contribution in [3.8, 4) is 0 Å². The van der Waals surface area contributed by atoms with Crippen LogP contribution in [0.2, 0.25) is 0 Å². The second-order valence-electron chi connectivity index (χ2n) is 5.98. The number of hydrogen-bond acceptors (Lipinski definition) is 3. The molecule has 2 aromatic carbocycles. The maximum atomic E-state index is 12.1. The van der Waals surface area contributed by atoms with Gasteiger partial charge in [0.15, 0.2) is 0 Å². The quantitative estimate of drug-likeness (QED) is 0.509. The highest BCUT2D eigenvalue weighted by Gasteiger charge is 2.08. The van der Waals surface area contributed by atoms with Gasteiger partial charge < -0.3 is 16.4 Å². The van der Waals surface area contributed by atoms with Gasteiger partial charge in [-0.05, 0) is 48.7 Å². The molecule has 0 atom stereocenters. The fourth-order valence-corrected chi connectivity index (χ4v) is 2.45. The van der Waals surface area contributed by atoms with Gasteiger partial charge in [-0.25, -0.2) is 0 Å². The highest BCUT2D eigenvalue weighted by Crippen LogP contribution is 2.13. The largest absolute Gasteiger partial charge is 0.399 e. The van der Waals surface area contributed by atoms with Gasteiger partial charge >= 0.3 is 0 Å². The number of nitrogens with two attached hydrogens (primary N) is 1. The van der Waals surface area contributed by atoms with Gasteiger partial charge in [0.05, 0.1) is 0 Å². The first-order valence-electron chi connectivity index (χ1n) is 8.61. The fraction of sp³-hybridized carbons (Fsp3) is 0.300. The number of carbonyl (C=O) groups is 2. The lowest BCUT2D eigenvalue weighted by Gasteiger charge is -2.08. The molecule has 0 saturated heterocycles. The normalized spacial score (nSPS) is 10.3. The molecule has 0 aromatic heterocycles. The van der Waals surface area contributed by atoms with Gasteiger partial charge in [-0.1, -0.05) is 31.5 Å². The van der Waals surface area contributed by atoms with E-state index in [1.54, 1.807) is 24.3 Å². The predicted molar refractivity (Wildman–Crippen MR) is 101 cm³/mol. The van der Waals surface area contributed by atoms with Gasteiger partial charge in [-0.15, -0.1) is 0 Å². The number of carbonyl (C=O) groups excluding carboxylic acids is 2. The zero-order chi connectivity index (χ0) is 18.1. The fourth-order valence-electron chi connectivity index (χ4n) is 2.45. The lowest BCUT2D eigenvalue weighted by molar-refractivity contribution is -0.116. The molecule has 0 saturated carbocycles. The molecule has 2 rings (SSSR count). The highest BCUT2D eigenvalue weighted by atomic mass is 16.2. The van der Waals surface area contributed by atoms with Gasteiger partial charge in [0.25, 0.3) is 5.91 Å². The predicted octanol–water partition coefficient (Wildman–Crippen LogP) is 3.37. The minimum Gasteiger partial charge on any atom is -0.399 e. The topological polar surface area (TPSA) is 84.2 Å². The molecule has 5 nitrogen and oxygen atoms in total. The Kier molecular flexibility index (Phi) is 7.01. The Morgan fingerprint density at radius 1 is 1.08 bits per heavy atom. The van der Waals surface area contributed by atoms with Crippen LogP contribution in [0.5, 0.6) is 0 Å². The lowest BCUT2D eigenvalue weighted by Crippen LogP contribution is -2.24. The van der Waals surface area contributed by atoms with Crippen LogP contribution in [0.1, 0.15) is 42.1 Å². The van der Waals surface area contributed by atoms with Gasteiger partial charge in [0.2, 0.25) is 5.91 Å². The summed E-state index contributed by atoms with van der Waals surface area (Å²) >= 11 is 0. The second-order valence-corrected chi connectivity index (χ2v) is 5.98. The van der Waals surface area contributed by atoms with Crippen LogP contribution in [-0.2, 0) is 11.2 Å². The number of hydrogen-bond donors (Lipinski definition) is 3. The van der Waals surface area contributed by atoms with Gasteiger partial charge in [-0.2, -0.15) is 0 Å². The molecular weight excluding hydrogens is 314 g/mol. The summed E-state index contributed by atoms with van der Waals surface area (Å²) in [7, 11) is 0. The van der Waals surface area contributed by atoms with Crippen LogP contribution < -0.4 is 16.4 Å². The van der Waals surface area contributed by atoms with E-state index in [4.69, 9.17) is 5.73 Å². The molecule has 25 heavy (non-hydrogen) atoms. The number of nitrogens with one attached hydrogen (secondary N) is 2. The van der Waals surface area contributed by atoms with E-state index in [1.165, 1.54) is 0 Å². The average molecular weight is 339 g/mol. The third kappa shape index (κ3) is 6.30. The number of unbranched alkanes of at least 4 members (excludes halogenated alkanes) is 1. The van der Waals surface area contributed by atoms with Crippen LogP contribution in [0.3, 0.4) is 0 Å². The Labute approximate surface area is 148 Å². The van der Waals surface area contributed by atoms with Crippen LogP contribution in [0.25, 0.3) is 0 Å². The SMILES string of the molecule is CCCCNC(=O)c1cccc(NC(=O)CCc2cccc(N)c2)c1. The maximum Gasteiger partial charge on any atom is 0.251 e. The van der Waals surface area contributed by atoms with Crippen molar-refractivity contribution in [3.63, 3.8) is 0 Å². The molecule has 2 amide bonds. The van der Waals surface area contributed by atoms with Crippen LogP contribution in [0.15, 0.2) is 48.5 Å².